The number of carbonyl (C=O) groups is 1. The van der Waals surface area contributed by atoms with Gasteiger partial charge in [0.1, 0.15) is 0 Å². The Bertz CT molecular complexity index is 932. The van der Waals surface area contributed by atoms with E-state index in [1.54, 1.807) is 0 Å². The number of benzene rings is 2. The van der Waals surface area contributed by atoms with Crippen molar-refractivity contribution in [2.75, 3.05) is 37.0 Å². The van der Waals surface area contributed by atoms with Gasteiger partial charge in [0, 0.05) is 49.7 Å². The van der Waals surface area contributed by atoms with Gasteiger partial charge in [-0.3, -0.25) is 4.79 Å². The van der Waals surface area contributed by atoms with Crippen LogP contribution in [0.25, 0.3) is 12.2 Å². The fraction of sp³-hybridized carbons (Fsp3) is 0.346. The van der Waals surface area contributed by atoms with Gasteiger partial charge in [0.2, 0.25) is 0 Å². The van der Waals surface area contributed by atoms with E-state index in [4.69, 9.17) is 0 Å². The Kier molecular flexibility index (Phi) is 6.58. The Labute approximate surface area is 175 Å². The molecule has 1 aliphatic rings. The Hall–Kier alpha value is -2.81. The van der Waals surface area contributed by atoms with Gasteiger partial charge in [-0.2, -0.15) is 0 Å². The lowest BCUT2D eigenvalue weighted by atomic mass is 10.0. The molecule has 0 unspecified atom stereocenters. The van der Waals surface area contributed by atoms with Gasteiger partial charge in [-0.15, -0.1) is 0 Å². The van der Waals surface area contributed by atoms with Gasteiger partial charge in [0.05, 0.1) is 0 Å². The highest BCUT2D eigenvalue weighted by Gasteiger charge is 2.23. The Morgan fingerprint density at radius 1 is 0.862 bits per heavy atom. The monoisotopic (exact) mass is 388 g/mol. The third-order valence-electron chi connectivity index (χ3n) is 5.71. The summed E-state index contributed by atoms with van der Waals surface area (Å²) >= 11 is 0. The summed E-state index contributed by atoms with van der Waals surface area (Å²) in [6.07, 6.45) is 5.76. The van der Waals surface area contributed by atoms with Gasteiger partial charge in [-0.1, -0.05) is 18.2 Å². The number of hydrogen-bond acceptors (Lipinski definition) is 3. The Balaban J connectivity index is 1.79. The minimum absolute atomic E-state index is 0.189. The molecule has 0 atom stereocenters. The van der Waals surface area contributed by atoms with Crippen molar-refractivity contribution in [2.24, 2.45) is 0 Å². The number of anilines is 2. The zero-order chi connectivity index (χ0) is 21.0. The first kappa shape index (κ1) is 20.9. The maximum absolute atomic E-state index is 12.9. The molecule has 1 saturated carbocycles. The highest BCUT2D eigenvalue weighted by molar-refractivity contribution is 6.15. The van der Waals surface area contributed by atoms with Gasteiger partial charge >= 0.3 is 0 Å². The number of ketones is 1. The Morgan fingerprint density at radius 3 is 2.00 bits per heavy atom. The maximum atomic E-state index is 12.9. The molecule has 3 rings (SSSR count). The largest absolute Gasteiger partial charge is 0.378 e. The van der Waals surface area contributed by atoms with Gasteiger partial charge in [-0.25, -0.2) is 0 Å². The van der Waals surface area contributed by atoms with Gasteiger partial charge in [-0.05, 0) is 86.7 Å². The molecule has 152 valence electrons. The Morgan fingerprint density at radius 2 is 1.45 bits per heavy atom. The zero-order valence-corrected chi connectivity index (χ0v) is 18.3. The second-order valence-corrected chi connectivity index (χ2v) is 7.87. The second-order valence-electron chi connectivity index (χ2n) is 7.87. The van der Waals surface area contributed by atoms with Crippen LogP contribution in [0.4, 0.5) is 11.4 Å². The summed E-state index contributed by atoms with van der Waals surface area (Å²) in [4.78, 5) is 17.3. The van der Waals surface area contributed by atoms with Crippen LogP contribution in [0.3, 0.4) is 0 Å². The van der Waals surface area contributed by atoms with Crippen LogP contribution in [-0.2, 0) is 4.79 Å². The van der Waals surface area contributed by atoms with Crippen molar-refractivity contribution in [2.45, 2.75) is 33.6 Å². The molecule has 0 N–H and O–H groups in total. The molecule has 0 radical (unpaired) electrons. The number of allylic oxidation sites excluding steroid dienone is 2. The van der Waals surface area contributed by atoms with Crippen LogP contribution < -0.4 is 9.80 Å². The molecule has 0 saturated heterocycles. The summed E-state index contributed by atoms with van der Waals surface area (Å²) in [6.45, 7) is 8.47. The van der Waals surface area contributed by atoms with Gasteiger partial charge < -0.3 is 9.80 Å². The summed E-state index contributed by atoms with van der Waals surface area (Å²) in [5, 5.41) is 0. The zero-order valence-electron chi connectivity index (χ0n) is 18.3. The fourth-order valence-corrected chi connectivity index (χ4v) is 3.84. The molecule has 2 aromatic rings. The fourth-order valence-electron chi connectivity index (χ4n) is 3.84. The molecule has 0 amide bonds. The molecule has 0 aromatic heterocycles. The van der Waals surface area contributed by atoms with Crippen molar-refractivity contribution in [3.63, 3.8) is 0 Å². The van der Waals surface area contributed by atoms with E-state index < -0.39 is 0 Å². The molecule has 1 fully saturated rings. The highest BCUT2D eigenvalue weighted by Crippen LogP contribution is 2.31. The molecule has 3 nitrogen and oxygen atoms in total. The lowest BCUT2D eigenvalue weighted by molar-refractivity contribution is -0.111. The van der Waals surface area contributed by atoms with E-state index in [1.165, 1.54) is 11.3 Å². The van der Waals surface area contributed by atoms with E-state index >= 15 is 0 Å². The van der Waals surface area contributed by atoms with Crippen LogP contribution in [0.5, 0.6) is 0 Å². The number of hydrogen-bond donors (Lipinski definition) is 0. The minimum atomic E-state index is 0.189. The summed E-state index contributed by atoms with van der Waals surface area (Å²) in [6, 6.07) is 14.9. The molecule has 29 heavy (non-hydrogen) atoms. The van der Waals surface area contributed by atoms with E-state index in [9.17, 15) is 4.79 Å². The average Bonchev–Trinajstić information content (AvgIpc) is 3.05. The number of carbonyl (C=O) groups excluding carboxylic acids is 1. The first-order chi connectivity index (χ1) is 13.9. The SMILES string of the molecule is CCN(CC)c1ccc(/C=C2/CC/C(=C/c3ccc(N(C)C)cc3)C2=O)c(C)c1. The van der Waals surface area contributed by atoms with Crippen LogP contribution in [0, 0.1) is 6.92 Å². The van der Waals surface area contributed by atoms with Crippen LogP contribution in [0.2, 0.25) is 0 Å². The molecule has 3 heteroatoms. The summed E-state index contributed by atoms with van der Waals surface area (Å²) in [7, 11) is 4.06. The normalized spacial score (nSPS) is 16.7. The van der Waals surface area contributed by atoms with Crippen LogP contribution in [0.1, 0.15) is 43.4 Å². The minimum Gasteiger partial charge on any atom is -0.378 e. The summed E-state index contributed by atoms with van der Waals surface area (Å²) in [5.74, 6) is 0.189. The molecular weight excluding hydrogens is 356 g/mol. The van der Waals surface area contributed by atoms with Crippen molar-refractivity contribution < 1.29 is 4.79 Å². The molecule has 1 aliphatic carbocycles. The third-order valence-corrected chi connectivity index (χ3v) is 5.71. The second kappa shape index (κ2) is 9.13. The van der Waals surface area contributed by atoms with Crippen LogP contribution in [0.15, 0.2) is 53.6 Å². The van der Waals surface area contributed by atoms with Gasteiger partial charge in [0.25, 0.3) is 0 Å². The van der Waals surface area contributed by atoms with Crippen LogP contribution >= 0.6 is 0 Å². The van der Waals surface area contributed by atoms with E-state index in [-0.39, 0.29) is 5.78 Å². The first-order valence-corrected chi connectivity index (χ1v) is 10.5. The number of Topliss-reactive ketones (excluding diaryl/α,β-unsaturated/α-hetero) is 1. The summed E-state index contributed by atoms with van der Waals surface area (Å²) < 4.78 is 0. The van der Waals surface area contributed by atoms with Crippen molar-refractivity contribution >= 4 is 29.3 Å². The van der Waals surface area contributed by atoms with Crippen molar-refractivity contribution in [1.29, 1.82) is 0 Å². The van der Waals surface area contributed by atoms with Gasteiger partial charge in [0.15, 0.2) is 5.78 Å². The summed E-state index contributed by atoms with van der Waals surface area (Å²) in [5.41, 5.74) is 7.67. The smallest absolute Gasteiger partial charge is 0.185 e. The molecule has 2 aromatic carbocycles. The number of aryl methyl sites for hydroxylation is 1. The van der Waals surface area contributed by atoms with E-state index in [0.29, 0.717) is 0 Å². The van der Waals surface area contributed by atoms with Crippen molar-refractivity contribution in [3.8, 4) is 0 Å². The number of rotatable bonds is 6. The molecule has 0 heterocycles. The topological polar surface area (TPSA) is 23.6 Å². The van der Waals surface area contributed by atoms with Crippen molar-refractivity contribution in [1.82, 2.24) is 0 Å². The molecule has 0 aliphatic heterocycles. The predicted octanol–water partition coefficient (Wildman–Crippen LogP) is 5.74. The first-order valence-electron chi connectivity index (χ1n) is 10.5. The van der Waals surface area contributed by atoms with E-state index in [2.05, 4.69) is 79.1 Å². The van der Waals surface area contributed by atoms with Crippen molar-refractivity contribution in [3.05, 3.63) is 70.3 Å². The molecular formula is C26H32N2O. The molecule has 0 spiro atoms. The lowest BCUT2D eigenvalue weighted by Crippen LogP contribution is -2.21. The standard InChI is InChI=1S/C26H32N2O/c1-6-28(7-2)25-15-12-21(19(3)16-25)18-23-11-10-22(26(23)29)17-20-8-13-24(14-9-20)27(4)5/h8-9,12-18H,6-7,10-11H2,1-5H3/b22-17-,23-18-. The lowest BCUT2D eigenvalue weighted by Gasteiger charge is -2.21. The van der Waals surface area contributed by atoms with E-state index in [1.807, 2.05) is 20.2 Å². The third kappa shape index (κ3) is 4.79. The maximum Gasteiger partial charge on any atom is 0.185 e. The molecule has 0 bridgehead atoms. The number of nitrogens with zero attached hydrogens (tertiary/aromatic N) is 2. The van der Waals surface area contributed by atoms with E-state index in [0.717, 1.165) is 53.9 Å². The predicted molar refractivity (Wildman–Crippen MR) is 126 cm³/mol. The highest BCUT2D eigenvalue weighted by atomic mass is 16.1. The average molecular weight is 389 g/mol. The van der Waals surface area contributed by atoms with Crippen LogP contribution in [-0.4, -0.2) is 33.0 Å². The quantitative estimate of drug-likeness (QED) is 0.590.